The number of benzene rings is 1. The molecular formula is C24H30F2N6O2S. The first-order valence-electron chi connectivity index (χ1n) is 12.0. The van der Waals surface area contributed by atoms with Crippen molar-refractivity contribution < 1.29 is 18.6 Å². The molecule has 1 aromatic carbocycles. The van der Waals surface area contributed by atoms with E-state index < -0.39 is 12.2 Å². The molecule has 3 aromatic rings. The Bertz CT molecular complexity index is 1100. The highest BCUT2D eigenvalue weighted by Crippen LogP contribution is 2.38. The Labute approximate surface area is 206 Å². The van der Waals surface area contributed by atoms with Crippen molar-refractivity contribution in [3.05, 3.63) is 47.2 Å². The summed E-state index contributed by atoms with van der Waals surface area (Å²) in [6, 6.07) is 4.75. The first-order valence-corrected chi connectivity index (χ1v) is 12.8. The number of alkyl halides is 2. The molecule has 1 atom stereocenters. The second-order valence-corrected chi connectivity index (χ2v) is 9.84. The topological polar surface area (TPSA) is 89.5 Å². The number of hydrogen-bond acceptors (Lipinski definition) is 8. The number of piperidine rings is 1. The molecule has 1 unspecified atom stereocenters. The first-order chi connectivity index (χ1) is 17.0. The monoisotopic (exact) mass is 504 g/mol. The molecule has 2 fully saturated rings. The van der Waals surface area contributed by atoms with E-state index in [0.29, 0.717) is 37.7 Å². The average molecular weight is 505 g/mol. The molecule has 3 N–H and O–H groups in total. The Morgan fingerprint density at radius 1 is 1.17 bits per heavy atom. The lowest BCUT2D eigenvalue weighted by Gasteiger charge is -2.33. The van der Waals surface area contributed by atoms with Crippen LogP contribution in [0.25, 0.3) is 10.6 Å². The molecule has 0 amide bonds. The normalized spacial score (nSPS) is 18.5. The lowest BCUT2D eigenvalue weighted by atomic mass is 10.0. The minimum absolute atomic E-state index is 0.0724. The molecule has 2 aromatic heterocycles. The third-order valence-electron chi connectivity index (χ3n) is 6.48. The van der Waals surface area contributed by atoms with Gasteiger partial charge in [0.2, 0.25) is 0 Å². The van der Waals surface area contributed by atoms with E-state index in [1.807, 2.05) is 0 Å². The molecule has 5 rings (SSSR count). The number of hydrogen-bond donors (Lipinski definition) is 3. The molecule has 11 heteroatoms. The van der Waals surface area contributed by atoms with E-state index in [4.69, 9.17) is 4.74 Å². The fourth-order valence-corrected chi connectivity index (χ4v) is 5.37. The Hall–Kier alpha value is -2.60. The Morgan fingerprint density at radius 2 is 1.97 bits per heavy atom. The van der Waals surface area contributed by atoms with Gasteiger partial charge in [-0.05, 0) is 31.4 Å². The summed E-state index contributed by atoms with van der Waals surface area (Å²) >= 11 is 1.39. The Balaban J connectivity index is 1.40. The van der Waals surface area contributed by atoms with Crippen molar-refractivity contribution in [2.75, 3.05) is 56.2 Å². The summed E-state index contributed by atoms with van der Waals surface area (Å²) in [6.45, 7) is 3.28. The zero-order chi connectivity index (χ0) is 24.3. The highest BCUT2D eigenvalue weighted by molar-refractivity contribution is 7.13. The van der Waals surface area contributed by atoms with Crippen molar-refractivity contribution in [3.63, 3.8) is 0 Å². The number of aromatic nitrogens is 3. The molecule has 0 bridgehead atoms. The molecule has 2 aliphatic rings. The van der Waals surface area contributed by atoms with Gasteiger partial charge in [0, 0.05) is 48.9 Å². The van der Waals surface area contributed by atoms with Gasteiger partial charge in [0.25, 0.3) is 5.92 Å². The predicted molar refractivity (Wildman–Crippen MR) is 132 cm³/mol. The van der Waals surface area contributed by atoms with Crippen LogP contribution in [-0.4, -0.2) is 71.1 Å². The first kappa shape index (κ1) is 24.1. The zero-order valence-corrected chi connectivity index (χ0v) is 20.2. The largest absolute Gasteiger partial charge is 0.379 e. The molecule has 188 valence electrons. The highest BCUT2D eigenvalue weighted by atomic mass is 32.1. The predicted octanol–water partition coefficient (Wildman–Crippen LogP) is 4.05. The molecule has 0 saturated carbocycles. The number of aliphatic hydroxyl groups is 1. The summed E-state index contributed by atoms with van der Waals surface area (Å²) < 4.78 is 35.9. The molecule has 8 nitrogen and oxygen atoms in total. The minimum Gasteiger partial charge on any atom is -0.379 e. The van der Waals surface area contributed by atoms with Gasteiger partial charge in [-0.2, -0.15) is 13.9 Å². The van der Waals surface area contributed by atoms with Crippen molar-refractivity contribution in [2.24, 2.45) is 0 Å². The van der Waals surface area contributed by atoms with E-state index in [-0.39, 0.29) is 12.1 Å². The number of morpholine rings is 1. The summed E-state index contributed by atoms with van der Waals surface area (Å²) in [6.07, 6.45) is 5.52. The van der Waals surface area contributed by atoms with Gasteiger partial charge in [-0.15, -0.1) is 11.3 Å². The Morgan fingerprint density at radius 3 is 2.71 bits per heavy atom. The fraction of sp³-hybridized carbons (Fsp3) is 0.500. The third-order valence-corrected chi connectivity index (χ3v) is 7.39. The van der Waals surface area contributed by atoms with E-state index in [2.05, 4.69) is 25.4 Å². The number of aromatic amines is 1. The minimum atomic E-state index is -3.03. The number of ether oxygens (including phenoxy) is 1. The van der Waals surface area contributed by atoms with Crippen LogP contribution in [0, 0.1) is 0 Å². The number of halogens is 2. The number of aliphatic hydroxyl groups excluding tert-OH is 1. The zero-order valence-electron chi connectivity index (χ0n) is 19.4. The second-order valence-electron chi connectivity index (χ2n) is 8.98. The van der Waals surface area contributed by atoms with E-state index in [0.717, 1.165) is 48.6 Å². The fourth-order valence-electron chi connectivity index (χ4n) is 4.55. The number of nitrogens with one attached hydrogen (secondary N) is 2. The van der Waals surface area contributed by atoms with Crippen molar-refractivity contribution in [1.82, 2.24) is 20.1 Å². The molecule has 4 heterocycles. The van der Waals surface area contributed by atoms with Crippen LogP contribution in [0.2, 0.25) is 0 Å². The van der Waals surface area contributed by atoms with E-state index >= 15 is 8.78 Å². The van der Waals surface area contributed by atoms with Gasteiger partial charge in [0.1, 0.15) is 10.7 Å². The van der Waals surface area contributed by atoms with Gasteiger partial charge in [0.15, 0.2) is 6.23 Å². The van der Waals surface area contributed by atoms with Gasteiger partial charge >= 0.3 is 0 Å². The summed E-state index contributed by atoms with van der Waals surface area (Å²) in [5.41, 5.74) is 2.49. The summed E-state index contributed by atoms with van der Waals surface area (Å²) in [4.78, 5) is 8.43. The molecule has 0 spiro atoms. The maximum Gasteiger partial charge on any atom is 0.285 e. The molecule has 0 radical (unpaired) electrons. The highest BCUT2D eigenvalue weighted by Gasteiger charge is 2.35. The van der Waals surface area contributed by atoms with Crippen LogP contribution in [0.3, 0.4) is 0 Å². The van der Waals surface area contributed by atoms with Crippen LogP contribution in [0.5, 0.6) is 0 Å². The van der Waals surface area contributed by atoms with Gasteiger partial charge in [-0.3, -0.25) is 10.00 Å². The van der Waals surface area contributed by atoms with Crippen molar-refractivity contribution in [1.29, 1.82) is 0 Å². The molecule has 35 heavy (non-hydrogen) atoms. The summed E-state index contributed by atoms with van der Waals surface area (Å²) in [5.74, 6) is -3.03. The van der Waals surface area contributed by atoms with E-state index in [1.165, 1.54) is 23.5 Å². The van der Waals surface area contributed by atoms with Crippen LogP contribution < -0.4 is 10.2 Å². The van der Waals surface area contributed by atoms with Crippen LogP contribution in [0.15, 0.2) is 36.0 Å². The van der Waals surface area contributed by atoms with Crippen molar-refractivity contribution >= 4 is 22.7 Å². The number of H-pyrrole nitrogens is 1. The quantitative estimate of drug-likeness (QED) is 0.399. The van der Waals surface area contributed by atoms with E-state index in [9.17, 15) is 5.11 Å². The van der Waals surface area contributed by atoms with Gasteiger partial charge in [-0.25, -0.2) is 4.98 Å². The van der Waals surface area contributed by atoms with Gasteiger partial charge in [-0.1, -0.05) is 6.07 Å². The summed E-state index contributed by atoms with van der Waals surface area (Å²) in [5, 5.41) is 23.2. The van der Waals surface area contributed by atoms with Crippen molar-refractivity contribution in [2.45, 2.75) is 31.4 Å². The number of thiazole rings is 1. The number of anilines is 2. The summed E-state index contributed by atoms with van der Waals surface area (Å²) in [7, 11) is 0. The van der Waals surface area contributed by atoms with Crippen LogP contribution in [0.4, 0.5) is 20.2 Å². The molecule has 2 saturated heterocycles. The smallest absolute Gasteiger partial charge is 0.285 e. The second kappa shape index (κ2) is 10.6. The van der Waals surface area contributed by atoms with Gasteiger partial charge in [0.05, 0.1) is 37.3 Å². The van der Waals surface area contributed by atoms with Gasteiger partial charge < -0.3 is 20.1 Å². The SMILES string of the molecule is OC(Nc1cc(C(F)(F)CN2CCOCC2)ccc1N1CCCCC1)c1csc(-c2cn[nH]c2)n1. The maximum absolute atomic E-state index is 15.3. The lowest BCUT2D eigenvalue weighted by molar-refractivity contribution is -0.0617. The number of rotatable bonds is 8. The lowest BCUT2D eigenvalue weighted by Crippen LogP contribution is -2.42. The third kappa shape index (κ3) is 5.64. The molecular weight excluding hydrogens is 474 g/mol. The maximum atomic E-state index is 15.3. The van der Waals surface area contributed by atoms with Crippen molar-refractivity contribution in [3.8, 4) is 10.6 Å². The standard InChI is InChI=1S/C24H30F2N6O2S/c25-24(26,16-31-8-10-34-11-9-31)18-4-5-21(32-6-2-1-3-7-32)19(12-18)29-22(33)20-15-35-23(30-20)17-13-27-28-14-17/h4-5,12-15,22,29,33H,1-3,6-11,16H2,(H,27,28). The van der Waals surface area contributed by atoms with Crippen LogP contribution in [-0.2, 0) is 10.7 Å². The van der Waals surface area contributed by atoms with E-state index in [1.54, 1.807) is 28.7 Å². The van der Waals surface area contributed by atoms with Crippen LogP contribution in [0.1, 0.15) is 36.7 Å². The molecule has 0 aliphatic carbocycles. The Kier molecular flexibility index (Phi) is 7.28. The molecule has 2 aliphatic heterocycles. The average Bonchev–Trinajstić information content (AvgIpc) is 3.57. The van der Waals surface area contributed by atoms with Crippen LogP contribution >= 0.6 is 11.3 Å². The number of nitrogens with zero attached hydrogens (tertiary/aromatic N) is 4.